The number of hydrogen-bond donors (Lipinski definition) is 1. The molecule has 20 heavy (non-hydrogen) atoms. The van der Waals surface area contributed by atoms with Crippen molar-refractivity contribution in [3.05, 3.63) is 19.9 Å². The van der Waals surface area contributed by atoms with Gasteiger partial charge in [0.1, 0.15) is 0 Å². The first-order chi connectivity index (χ1) is 9.24. The van der Waals surface area contributed by atoms with Gasteiger partial charge in [-0.25, -0.2) is 0 Å². The lowest BCUT2D eigenvalue weighted by molar-refractivity contribution is 0.0774. The SMILES string of the molecule is Cl.O=C(c1csc(I)c1)N1CCC(N2CCNCC2)C1. The normalized spacial score (nSPS) is 23.6. The molecule has 2 aliphatic rings. The highest BCUT2D eigenvalue weighted by molar-refractivity contribution is 14.1. The van der Waals surface area contributed by atoms with Crippen LogP contribution in [0.15, 0.2) is 11.4 Å². The predicted molar refractivity (Wildman–Crippen MR) is 93.0 cm³/mol. The molecule has 3 heterocycles. The van der Waals surface area contributed by atoms with Gasteiger partial charge in [-0.3, -0.25) is 9.69 Å². The van der Waals surface area contributed by atoms with Gasteiger partial charge in [0.15, 0.2) is 0 Å². The van der Waals surface area contributed by atoms with E-state index in [9.17, 15) is 4.79 Å². The average molecular weight is 428 g/mol. The van der Waals surface area contributed by atoms with E-state index in [0.717, 1.165) is 51.3 Å². The van der Waals surface area contributed by atoms with E-state index in [-0.39, 0.29) is 18.3 Å². The van der Waals surface area contributed by atoms with E-state index in [4.69, 9.17) is 0 Å². The molecule has 1 aromatic rings. The topological polar surface area (TPSA) is 35.6 Å². The second-order valence-electron chi connectivity index (χ2n) is 5.12. The molecule has 0 radical (unpaired) electrons. The van der Waals surface area contributed by atoms with Gasteiger partial charge in [0.2, 0.25) is 0 Å². The van der Waals surface area contributed by atoms with E-state index < -0.39 is 0 Å². The Morgan fingerprint density at radius 2 is 2.10 bits per heavy atom. The van der Waals surface area contributed by atoms with Crippen LogP contribution in [0.1, 0.15) is 16.8 Å². The average Bonchev–Trinajstić information content (AvgIpc) is 3.08. The molecule has 1 atom stereocenters. The Morgan fingerprint density at radius 1 is 1.35 bits per heavy atom. The largest absolute Gasteiger partial charge is 0.337 e. The number of carbonyl (C=O) groups is 1. The minimum absolute atomic E-state index is 0. The van der Waals surface area contributed by atoms with Crippen molar-refractivity contribution in [1.82, 2.24) is 15.1 Å². The molecule has 0 bridgehead atoms. The van der Waals surface area contributed by atoms with E-state index >= 15 is 0 Å². The number of thiophene rings is 1. The summed E-state index contributed by atoms with van der Waals surface area (Å²) < 4.78 is 1.18. The van der Waals surface area contributed by atoms with Crippen LogP contribution in [0, 0.1) is 2.88 Å². The van der Waals surface area contributed by atoms with Crippen molar-refractivity contribution < 1.29 is 4.79 Å². The lowest BCUT2D eigenvalue weighted by Gasteiger charge is -2.32. The minimum Gasteiger partial charge on any atom is -0.337 e. The maximum Gasteiger partial charge on any atom is 0.254 e. The fourth-order valence-corrected chi connectivity index (χ4v) is 4.20. The van der Waals surface area contributed by atoms with Gasteiger partial charge in [-0.1, -0.05) is 0 Å². The van der Waals surface area contributed by atoms with Crippen molar-refractivity contribution in [3.63, 3.8) is 0 Å². The molecule has 1 unspecified atom stereocenters. The smallest absolute Gasteiger partial charge is 0.254 e. The molecule has 2 saturated heterocycles. The standard InChI is InChI=1S/C13H18IN3OS.ClH/c14-12-7-10(9-19-12)13(18)17-4-1-11(8-17)16-5-2-15-3-6-16;/h7,9,11,15H,1-6,8H2;1H. The van der Waals surface area contributed by atoms with Gasteiger partial charge in [0.25, 0.3) is 5.91 Å². The zero-order chi connectivity index (χ0) is 13.2. The van der Waals surface area contributed by atoms with Crippen LogP contribution in [0.2, 0.25) is 0 Å². The van der Waals surface area contributed by atoms with Gasteiger partial charge in [-0.15, -0.1) is 23.7 Å². The Morgan fingerprint density at radius 3 is 2.75 bits per heavy atom. The molecular weight excluding hydrogens is 409 g/mol. The van der Waals surface area contributed by atoms with Crippen LogP contribution in [-0.2, 0) is 0 Å². The van der Waals surface area contributed by atoms with E-state index in [0.29, 0.717) is 6.04 Å². The maximum atomic E-state index is 12.4. The third-order valence-corrected chi connectivity index (χ3v) is 5.72. The summed E-state index contributed by atoms with van der Waals surface area (Å²) >= 11 is 3.91. The molecule has 0 aromatic carbocycles. The van der Waals surface area contributed by atoms with Crippen molar-refractivity contribution >= 4 is 52.2 Å². The molecule has 1 aromatic heterocycles. The number of nitrogens with one attached hydrogen (secondary N) is 1. The number of piperazine rings is 1. The summed E-state index contributed by atoms with van der Waals surface area (Å²) in [6, 6.07) is 2.55. The summed E-state index contributed by atoms with van der Waals surface area (Å²) in [7, 11) is 0. The van der Waals surface area contributed by atoms with Gasteiger partial charge >= 0.3 is 0 Å². The zero-order valence-corrected chi connectivity index (χ0v) is 15.0. The van der Waals surface area contributed by atoms with Crippen molar-refractivity contribution in [2.45, 2.75) is 12.5 Å². The van der Waals surface area contributed by atoms with Gasteiger partial charge in [0.05, 0.1) is 8.45 Å². The Balaban J connectivity index is 0.00000147. The highest BCUT2D eigenvalue weighted by atomic mass is 127. The van der Waals surface area contributed by atoms with Gasteiger partial charge in [-0.2, -0.15) is 0 Å². The molecule has 3 rings (SSSR count). The second-order valence-corrected chi connectivity index (χ2v) is 7.92. The zero-order valence-electron chi connectivity index (χ0n) is 11.2. The molecule has 2 aliphatic heterocycles. The number of halogens is 2. The van der Waals surface area contributed by atoms with E-state index in [2.05, 4.69) is 32.8 Å². The molecule has 1 amide bonds. The summed E-state index contributed by atoms with van der Waals surface area (Å²) in [6.45, 7) is 6.18. The Kier molecular flexibility index (Phi) is 6.09. The number of carbonyl (C=O) groups excluding carboxylic acids is 1. The van der Waals surface area contributed by atoms with Gasteiger partial charge in [-0.05, 0) is 35.1 Å². The summed E-state index contributed by atoms with van der Waals surface area (Å²) in [4.78, 5) is 16.9. The molecule has 4 nitrogen and oxygen atoms in total. The summed E-state index contributed by atoms with van der Waals surface area (Å²) in [6.07, 6.45) is 1.12. The Labute approximate surface area is 143 Å². The number of nitrogens with zero attached hydrogens (tertiary/aromatic N) is 2. The molecule has 0 aliphatic carbocycles. The molecular formula is C13H19ClIN3OS. The third-order valence-electron chi connectivity index (χ3n) is 3.93. The Hall–Kier alpha value is 0.110. The van der Waals surface area contributed by atoms with Crippen molar-refractivity contribution in [2.24, 2.45) is 0 Å². The van der Waals surface area contributed by atoms with Crippen LogP contribution in [-0.4, -0.2) is 61.0 Å². The second kappa shape index (κ2) is 7.40. The van der Waals surface area contributed by atoms with Gasteiger partial charge < -0.3 is 10.2 Å². The Bertz CT molecular complexity index is 464. The minimum atomic E-state index is 0. The first kappa shape index (κ1) is 16.5. The van der Waals surface area contributed by atoms with Crippen LogP contribution in [0.3, 0.4) is 0 Å². The maximum absolute atomic E-state index is 12.4. The quantitative estimate of drug-likeness (QED) is 0.732. The first-order valence-electron chi connectivity index (χ1n) is 6.72. The molecule has 1 N–H and O–H groups in total. The number of hydrogen-bond acceptors (Lipinski definition) is 4. The van der Waals surface area contributed by atoms with Crippen LogP contribution in [0.25, 0.3) is 0 Å². The highest BCUT2D eigenvalue weighted by Crippen LogP contribution is 2.22. The molecule has 0 spiro atoms. The molecule has 2 fully saturated rings. The first-order valence-corrected chi connectivity index (χ1v) is 8.68. The molecule has 7 heteroatoms. The monoisotopic (exact) mass is 427 g/mol. The number of likely N-dealkylation sites (tertiary alicyclic amines) is 1. The van der Waals surface area contributed by atoms with Crippen LogP contribution in [0.5, 0.6) is 0 Å². The van der Waals surface area contributed by atoms with Crippen molar-refractivity contribution in [2.75, 3.05) is 39.3 Å². The van der Waals surface area contributed by atoms with Crippen molar-refractivity contribution in [3.8, 4) is 0 Å². The van der Waals surface area contributed by atoms with Crippen LogP contribution in [0.4, 0.5) is 0 Å². The van der Waals surface area contributed by atoms with Crippen molar-refractivity contribution in [1.29, 1.82) is 0 Å². The van der Waals surface area contributed by atoms with Gasteiger partial charge in [0, 0.05) is 50.7 Å². The molecule has 112 valence electrons. The number of amides is 1. The lowest BCUT2D eigenvalue weighted by Crippen LogP contribution is -2.49. The van der Waals surface area contributed by atoms with Crippen LogP contribution >= 0.6 is 46.3 Å². The highest BCUT2D eigenvalue weighted by Gasteiger charge is 2.31. The van der Waals surface area contributed by atoms with E-state index in [1.54, 1.807) is 11.3 Å². The fraction of sp³-hybridized carbons (Fsp3) is 0.615. The van der Waals surface area contributed by atoms with E-state index in [1.165, 1.54) is 2.88 Å². The number of rotatable bonds is 2. The fourth-order valence-electron chi connectivity index (χ4n) is 2.88. The summed E-state index contributed by atoms with van der Waals surface area (Å²) in [5.74, 6) is 0.205. The summed E-state index contributed by atoms with van der Waals surface area (Å²) in [5.41, 5.74) is 0.857. The third kappa shape index (κ3) is 3.65. The lowest BCUT2D eigenvalue weighted by atomic mass is 10.2. The van der Waals surface area contributed by atoms with E-state index in [1.807, 2.05) is 16.3 Å². The predicted octanol–water partition coefficient (Wildman–Crippen LogP) is 1.89. The van der Waals surface area contributed by atoms with Crippen LogP contribution < -0.4 is 5.32 Å². The molecule has 0 saturated carbocycles. The summed E-state index contributed by atoms with van der Waals surface area (Å²) in [5, 5.41) is 5.35.